The van der Waals surface area contributed by atoms with Crippen LogP contribution in [0.25, 0.3) is 0 Å². The summed E-state index contributed by atoms with van der Waals surface area (Å²) in [6.45, 7) is 1.87. The van der Waals surface area contributed by atoms with Crippen LogP contribution in [0.3, 0.4) is 0 Å². The molecule has 1 aliphatic carbocycles. The minimum atomic E-state index is 0.325. The monoisotopic (exact) mass is 242 g/mol. The zero-order chi connectivity index (χ0) is 10.7. The number of aryl methyl sites for hydroxylation is 1. The van der Waals surface area contributed by atoms with Gasteiger partial charge in [0.25, 0.3) is 0 Å². The largest absolute Gasteiger partial charge is 0.298 e. The van der Waals surface area contributed by atoms with Crippen molar-refractivity contribution in [2.45, 2.75) is 36.9 Å². The lowest BCUT2D eigenvalue weighted by molar-refractivity contribution is -0.120. The van der Waals surface area contributed by atoms with Crippen molar-refractivity contribution < 1.29 is 4.79 Å². The first kappa shape index (κ1) is 11.1. The normalized spacial score (nSPS) is 17.1. The SMILES string of the molecule is Cc1nsc(SCC(=O)C2CCCC2)n1. The molecular formula is C10H14N2OS2. The minimum Gasteiger partial charge on any atom is -0.298 e. The Hall–Kier alpha value is -0.420. The highest BCUT2D eigenvalue weighted by Gasteiger charge is 2.22. The van der Waals surface area contributed by atoms with Crippen molar-refractivity contribution in [1.82, 2.24) is 9.36 Å². The molecule has 0 amide bonds. The van der Waals surface area contributed by atoms with Gasteiger partial charge < -0.3 is 0 Å². The molecule has 0 atom stereocenters. The molecule has 0 bridgehead atoms. The van der Waals surface area contributed by atoms with Crippen molar-refractivity contribution in [3.8, 4) is 0 Å². The van der Waals surface area contributed by atoms with E-state index in [1.165, 1.54) is 36.1 Å². The van der Waals surface area contributed by atoms with Gasteiger partial charge in [-0.15, -0.1) is 0 Å². The fraction of sp³-hybridized carbons (Fsp3) is 0.700. The number of Topliss-reactive ketones (excluding diaryl/α,β-unsaturated/α-hetero) is 1. The molecule has 1 fully saturated rings. The summed E-state index contributed by atoms with van der Waals surface area (Å²) in [5.41, 5.74) is 0. The highest BCUT2D eigenvalue weighted by atomic mass is 32.2. The second-order valence-electron chi connectivity index (χ2n) is 3.84. The quantitative estimate of drug-likeness (QED) is 0.761. The summed E-state index contributed by atoms with van der Waals surface area (Å²) in [5, 5.41) is 0. The average Bonchev–Trinajstić information content (AvgIpc) is 2.84. The molecule has 0 spiro atoms. The molecule has 82 valence electrons. The molecule has 1 aliphatic rings. The van der Waals surface area contributed by atoms with Gasteiger partial charge in [-0.2, -0.15) is 4.37 Å². The maximum atomic E-state index is 11.8. The molecule has 0 saturated heterocycles. The predicted octanol–water partition coefficient (Wildman–Crippen LogP) is 2.70. The van der Waals surface area contributed by atoms with Crippen LogP contribution in [-0.2, 0) is 4.79 Å². The van der Waals surface area contributed by atoms with Crippen LogP contribution in [0.1, 0.15) is 31.5 Å². The molecule has 15 heavy (non-hydrogen) atoms. The van der Waals surface area contributed by atoms with Crippen LogP contribution < -0.4 is 0 Å². The van der Waals surface area contributed by atoms with Gasteiger partial charge >= 0.3 is 0 Å². The third-order valence-electron chi connectivity index (χ3n) is 2.66. The number of rotatable bonds is 4. The van der Waals surface area contributed by atoms with E-state index in [4.69, 9.17) is 0 Å². The maximum Gasteiger partial charge on any atom is 0.170 e. The van der Waals surface area contributed by atoms with Crippen LogP contribution in [-0.4, -0.2) is 20.9 Å². The van der Waals surface area contributed by atoms with E-state index in [9.17, 15) is 4.79 Å². The van der Waals surface area contributed by atoms with Crippen LogP contribution in [0.15, 0.2) is 4.34 Å². The van der Waals surface area contributed by atoms with Gasteiger partial charge in [0.2, 0.25) is 0 Å². The zero-order valence-electron chi connectivity index (χ0n) is 8.73. The van der Waals surface area contributed by atoms with Gasteiger partial charge in [0.15, 0.2) is 4.34 Å². The molecule has 1 saturated carbocycles. The second kappa shape index (κ2) is 5.07. The number of hydrogen-bond acceptors (Lipinski definition) is 5. The summed E-state index contributed by atoms with van der Waals surface area (Å²) in [4.78, 5) is 16.0. The van der Waals surface area contributed by atoms with Gasteiger partial charge in [-0.05, 0) is 31.3 Å². The number of carbonyl (C=O) groups excluding carboxylic acids is 1. The highest BCUT2D eigenvalue weighted by molar-refractivity contribution is 8.01. The van der Waals surface area contributed by atoms with Gasteiger partial charge in [-0.25, -0.2) is 4.98 Å². The lowest BCUT2D eigenvalue weighted by atomic mass is 10.0. The van der Waals surface area contributed by atoms with E-state index in [1.54, 1.807) is 0 Å². The van der Waals surface area contributed by atoms with Crippen LogP contribution in [0.2, 0.25) is 0 Å². The first-order valence-electron chi connectivity index (χ1n) is 5.21. The Balaban J connectivity index is 1.80. The number of nitrogens with zero attached hydrogens (tertiary/aromatic N) is 2. The van der Waals surface area contributed by atoms with E-state index in [-0.39, 0.29) is 0 Å². The van der Waals surface area contributed by atoms with Crippen molar-refractivity contribution in [3.05, 3.63) is 5.82 Å². The van der Waals surface area contributed by atoms with Crippen LogP contribution in [0.4, 0.5) is 0 Å². The van der Waals surface area contributed by atoms with Gasteiger partial charge in [-0.1, -0.05) is 24.6 Å². The molecule has 1 aromatic heterocycles. The molecule has 0 radical (unpaired) electrons. The summed E-state index contributed by atoms with van der Waals surface area (Å²) >= 11 is 2.92. The van der Waals surface area contributed by atoms with Gasteiger partial charge in [0.1, 0.15) is 11.6 Å². The van der Waals surface area contributed by atoms with Crippen LogP contribution >= 0.6 is 23.3 Å². The summed E-state index contributed by atoms with van der Waals surface area (Å²) < 4.78 is 5.01. The molecule has 0 aromatic carbocycles. The smallest absolute Gasteiger partial charge is 0.170 e. The Labute approximate surface area is 97.9 Å². The van der Waals surface area contributed by atoms with Crippen molar-refractivity contribution in [3.63, 3.8) is 0 Å². The van der Waals surface area contributed by atoms with Crippen LogP contribution in [0, 0.1) is 12.8 Å². The van der Waals surface area contributed by atoms with Crippen molar-refractivity contribution >= 4 is 29.1 Å². The Kier molecular flexibility index (Phi) is 3.75. The number of aromatic nitrogens is 2. The Morgan fingerprint density at radius 3 is 2.87 bits per heavy atom. The molecule has 3 nitrogen and oxygen atoms in total. The van der Waals surface area contributed by atoms with E-state index in [0.29, 0.717) is 17.5 Å². The van der Waals surface area contributed by atoms with Crippen molar-refractivity contribution in [2.75, 3.05) is 5.75 Å². The topological polar surface area (TPSA) is 42.9 Å². The number of ketones is 1. The molecule has 0 aliphatic heterocycles. The van der Waals surface area contributed by atoms with Gasteiger partial charge in [0, 0.05) is 5.92 Å². The third-order valence-corrected chi connectivity index (χ3v) is 4.60. The van der Waals surface area contributed by atoms with Gasteiger partial charge in [-0.3, -0.25) is 4.79 Å². The maximum absolute atomic E-state index is 11.8. The van der Waals surface area contributed by atoms with E-state index in [1.807, 2.05) is 6.92 Å². The predicted molar refractivity (Wildman–Crippen MR) is 62.3 cm³/mol. The fourth-order valence-electron chi connectivity index (χ4n) is 1.84. The molecule has 1 aromatic rings. The summed E-state index contributed by atoms with van der Waals surface area (Å²) in [6.07, 6.45) is 4.63. The lowest BCUT2D eigenvalue weighted by Gasteiger charge is -2.05. The van der Waals surface area contributed by atoms with Crippen LogP contribution in [0.5, 0.6) is 0 Å². The van der Waals surface area contributed by atoms with E-state index < -0.39 is 0 Å². The average molecular weight is 242 g/mol. The summed E-state index contributed by atoms with van der Waals surface area (Å²) in [7, 11) is 0. The van der Waals surface area contributed by atoms with E-state index >= 15 is 0 Å². The number of hydrogen-bond donors (Lipinski definition) is 0. The number of thioether (sulfide) groups is 1. The molecule has 5 heteroatoms. The molecule has 1 heterocycles. The van der Waals surface area contributed by atoms with Gasteiger partial charge in [0.05, 0.1) is 5.75 Å². The highest BCUT2D eigenvalue weighted by Crippen LogP contribution is 2.28. The first-order chi connectivity index (χ1) is 7.25. The van der Waals surface area contributed by atoms with E-state index in [2.05, 4.69) is 9.36 Å². The summed E-state index contributed by atoms with van der Waals surface area (Å²) in [5.74, 6) is 2.09. The van der Waals surface area contributed by atoms with E-state index in [0.717, 1.165) is 23.0 Å². The first-order valence-corrected chi connectivity index (χ1v) is 6.97. The Morgan fingerprint density at radius 1 is 1.53 bits per heavy atom. The van der Waals surface area contributed by atoms with Crippen molar-refractivity contribution in [1.29, 1.82) is 0 Å². The lowest BCUT2D eigenvalue weighted by Crippen LogP contribution is -2.12. The third kappa shape index (κ3) is 3.01. The fourth-order valence-corrected chi connectivity index (χ4v) is 3.46. The minimum absolute atomic E-state index is 0.325. The second-order valence-corrected chi connectivity index (χ2v) is 5.82. The zero-order valence-corrected chi connectivity index (χ0v) is 10.4. The molecule has 0 unspecified atom stereocenters. The Morgan fingerprint density at radius 2 is 2.27 bits per heavy atom. The number of carbonyl (C=O) groups is 1. The molecule has 0 N–H and O–H groups in total. The Bertz CT molecular complexity index is 345. The molecular weight excluding hydrogens is 228 g/mol. The standard InChI is InChI=1S/C10H14N2OS2/c1-7-11-10(15-12-7)14-6-9(13)8-4-2-3-5-8/h8H,2-6H2,1H3. The van der Waals surface area contributed by atoms with Crippen molar-refractivity contribution in [2.24, 2.45) is 5.92 Å². The summed E-state index contributed by atoms with van der Waals surface area (Å²) in [6, 6.07) is 0. The molecule has 2 rings (SSSR count).